The molecule has 0 N–H and O–H groups in total. The van der Waals surface area contributed by atoms with Crippen LogP contribution in [-0.2, 0) is 0 Å². The van der Waals surface area contributed by atoms with Crippen LogP contribution in [0.1, 0.15) is 92.8 Å². The fraction of sp³-hybridized carbons (Fsp3) is 0.135. The molecule has 0 atom stereocenters. The highest BCUT2D eigenvalue weighted by Gasteiger charge is 2.22. The standard InChI is InChI=1S/C74H62O10/c75-71(81-63-39-29-57(30-40-63)53-21-11-7-12-22-53)61-37-47-67(73(77)83-65-43-33-59(34-44-65)55-25-15-9-16-26-55)69(51-61)79-49-19-5-3-1-2-4-6-20-50-80-70-52-62(72(76)82-64-41-31-58(32-42-64)54-23-13-8-14-24-54)38-48-68(70)74(78)84-66-45-35-60(36-46-66)56-27-17-10-18-28-56/h7-18,21-48,51-52H,1-6,19-20,49-50H2. The van der Waals surface area contributed by atoms with E-state index in [1.54, 1.807) is 60.7 Å². The summed E-state index contributed by atoms with van der Waals surface area (Å²) in [4.78, 5) is 54.4. The first kappa shape index (κ1) is 56.9. The number of rotatable bonds is 25. The Bertz CT molecular complexity index is 3500. The van der Waals surface area contributed by atoms with Crippen LogP contribution in [0.4, 0.5) is 0 Å². The fourth-order valence-electron chi connectivity index (χ4n) is 9.54. The van der Waals surface area contributed by atoms with Crippen molar-refractivity contribution in [3.8, 4) is 79.0 Å². The minimum atomic E-state index is -0.613. The number of carbonyl (C=O) groups excluding carboxylic acids is 4. The molecule has 10 nitrogen and oxygen atoms in total. The first-order valence-corrected chi connectivity index (χ1v) is 28.3. The number of benzene rings is 10. The van der Waals surface area contributed by atoms with Crippen LogP contribution >= 0.6 is 0 Å². The molecule has 418 valence electrons. The maximum absolute atomic E-state index is 13.7. The predicted octanol–water partition coefficient (Wildman–Crippen LogP) is 17.8. The van der Waals surface area contributed by atoms with Crippen molar-refractivity contribution in [2.24, 2.45) is 0 Å². The lowest BCUT2D eigenvalue weighted by Crippen LogP contribution is -2.14. The van der Waals surface area contributed by atoms with Crippen molar-refractivity contribution in [3.05, 3.63) is 277 Å². The van der Waals surface area contributed by atoms with Gasteiger partial charge in [-0.05, 0) is 142 Å². The van der Waals surface area contributed by atoms with Crippen molar-refractivity contribution in [1.82, 2.24) is 0 Å². The summed E-state index contributed by atoms with van der Waals surface area (Å²) in [7, 11) is 0. The molecular weight excluding hydrogens is 1050 g/mol. The van der Waals surface area contributed by atoms with Crippen LogP contribution in [0.3, 0.4) is 0 Å². The van der Waals surface area contributed by atoms with Gasteiger partial charge in [-0.15, -0.1) is 0 Å². The maximum Gasteiger partial charge on any atom is 0.347 e. The van der Waals surface area contributed by atoms with Crippen LogP contribution < -0.4 is 28.4 Å². The summed E-state index contributed by atoms with van der Waals surface area (Å²) in [6, 6.07) is 78.2. The largest absolute Gasteiger partial charge is 0.493 e. The second kappa shape index (κ2) is 28.9. The quantitative estimate of drug-likeness (QED) is 0.0310. The van der Waals surface area contributed by atoms with Gasteiger partial charge in [-0.3, -0.25) is 0 Å². The van der Waals surface area contributed by atoms with Gasteiger partial charge in [0.2, 0.25) is 0 Å². The average Bonchev–Trinajstić information content (AvgIpc) is 3.72. The van der Waals surface area contributed by atoms with Gasteiger partial charge in [-0.2, -0.15) is 0 Å². The van der Waals surface area contributed by atoms with Crippen LogP contribution in [0.15, 0.2) is 255 Å². The molecule has 10 heteroatoms. The second-order valence-electron chi connectivity index (χ2n) is 20.1. The zero-order valence-corrected chi connectivity index (χ0v) is 46.4. The number of hydrogen-bond acceptors (Lipinski definition) is 10. The van der Waals surface area contributed by atoms with Crippen molar-refractivity contribution < 1.29 is 47.6 Å². The molecule has 10 aromatic carbocycles. The van der Waals surface area contributed by atoms with E-state index in [1.807, 2.05) is 170 Å². The van der Waals surface area contributed by atoms with Crippen LogP contribution in [-0.4, -0.2) is 37.1 Å². The number of ether oxygens (including phenoxy) is 6. The first-order chi connectivity index (χ1) is 41.3. The third kappa shape index (κ3) is 15.8. The van der Waals surface area contributed by atoms with Crippen molar-refractivity contribution in [2.45, 2.75) is 51.4 Å². The minimum Gasteiger partial charge on any atom is -0.493 e. The zero-order valence-electron chi connectivity index (χ0n) is 46.4. The average molecular weight is 1110 g/mol. The lowest BCUT2D eigenvalue weighted by Gasteiger charge is -2.14. The van der Waals surface area contributed by atoms with Crippen molar-refractivity contribution in [3.63, 3.8) is 0 Å². The normalized spacial score (nSPS) is 10.8. The van der Waals surface area contributed by atoms with Gasteiger partial charge in [-0.25, -0.2) is 19.2 Å². The molecule has 0 unspecified atom stereocenters. The summed E-state index contributed by atoms with van der Waals surface area (Å²) in [6.07, 6.45) is 7.21. The lowest BCUT2D eigenvalue weighted by molar-refractivity contribution is 0.0716. The van der Waals surface area contributed by atoms with E-state index in [0.29, 0.717) is 36.2 Å². The summed E-state index contributed by atoms with van der Waals surface area (Å²) in [5, 5.41) is 0. The highest BCUT2D eigenvalue weighted by atomic mass is 16.6. The SMILES string of the molecule is O=C(Oc1ccc(-c2ccccc2)cc1)c1ccc(C(=O)Oc2ccc(-c3ccccc3)cc2)c(OCCCCCCCCCCOc2cc(C(=O)Oc3ccc(-c4ccccc4)cc3)ccc2C(=O)Oc2ccc(-c3ccccc3)cc2)c1. The van der Waals surface area contributed by atoms with E-state index < -0.39 is 23.9 Å². The molecule has 0 bridgehead atoms. The van der Waals surface area contributed by atoms with E-state index in [4.69, 9.17) is 28.4 Å². The van der Waals surface area contributed by atoms with Crippen LogP contribution in [0.5, 0.6) is 34.5 Å². The Morgan fingerprint density at radius 3 is 0.750 bits per heavy atom. The third-order valence-electron chi connectivity index (χ3n) is 14.1. The van der Waals surface area contributed by atoms with Crippen LogP contribution in [0, 0.1) is 0 Å². The van der Waals surface area contributed by atoms with E-state index >= 15 is 0 Å². The van der Waals surface area contributed by atoms with E-state index in [-0.39, 0.29) is 33.8 Å². The Balaban J connectivity index is 0.707. The molecule has 0 spiro atoms. The fourth-order valence-corrected chi connectivity index (χ4v) is 9.54. The highest BCUT2D eigenvalue weighted by molar-refractivity contribution is 5.99. The number of hydrogen-bond donors (Lipinski definition) is 0. The minimum absolute atomic E-state index is 0.187. The summed E-state index contributed by atoms with van der Waals surface area (Å²) >= 11 is 0. The molecular formula is C74H62O10. The molecule has 0 radical (unpaired) electrons. The van der Waals surface area contributed by atoms with Gasteiger partial charge in [0.25, 0.3) is 0 Å². The molecule has 0 aromatic heterocycles. The van der Waals surface area contributed by atoms with E-state index in [0.717, 1.165) is 95.9 Å². The second-order valence-corrected chi connectivity index (χ2v) is 20.1. The van der Waals surface area contributed by atoms with E-state index in [9.17, 15) is 19.2 Å². The monoisotopic (exact) mass is 1110 g/mol. The van der Waals surface area contributed by atoms with Gasteiger partial charge in [-0.1, -0.05) is 208 Å². The van der Waals surface area contributed by atoms with E-state index in [2.05, 4.69) is 0 Å². The van der Waals surface area contributed by atoms with Crippen molar-refractivity contribution in [2.75, 3.05) is 13.2 Å². The Morgan fingerprint density at radius 1 is 0.238 bits per heavy atom. The number of carbonyl (C=O) groups is 4. The first-order valence-electron chi connectivity index (χ1n) is 28.3. The summed E-state index contributed by atoms with van der Waals surface area (Å²) in [5.74, 6) is -0.420. The molecule has 0 saturated heterocycles. The molecule has 10 rings (SSSR count). The Labute approximate surface area is 489 Å². The van der Waals surface area contributed by atoms with Crippen molar-refractivity contribution in [1.29, 1.82) is 0 Å². The Kier molecular flexibility index (Phi) is 19.6. The van der Waals surface area contributed by atoms with Gasteiger partial charge in [0.15, 0.2) is 0 Å². The topological polar surface area (TPSA) is 124 Å². The highest BCUT2D eigenvalue weighted by Crippen LogP contribution is 2.31. The van der Waals surface area contributed by atoms with Crippen LogP contribution in [0.25, 0.3) is 44.5 Å². The van der Waals surface area contributed by atoms with Crippen LogP contribution in [0.2, 0.25) is 0 Å². The summed E-state index contributed by atoms with van der Waals surface area (Å²) < 4.78 is 35.6. The zero-order chi connectivity index (χ0) is 57.7. The number of unbranched alkanes of at least 4 members (excludes halogenated alkanes) is 7. The summed E-state index contributed by atoms with van der Waals surface area (Å²) in [6.45, 7) is 0.638. The van der Waals surface area contributed by atoms with Gasteiger partial charge in [0, 0.05) is 0 Å². The molecule has 0 aliphatic carbocycles. The molecule has 0 aliphatic heterocycles. The smallest absolute Gasteiger partial charge is 0.347 e. The lowest BCUT2D eigenvalue weighted by atomic mass is 10.1. The molecule has 0 fully saturated rings. The molecule has 0 heterocycles. The van der Waals surface area contributed by atoms with Crippen molar-refractivity contribution >= 4 is 23.9 Å². The van der Waals surface area contributed by atoms with E-state index in [1.165, 1.54) is 24.3 Å². The predicted molar refractivity (Wildman–Crippen MR) is 328 cm³/mol. The summed E-state index contributed by atoms with van der Waals surface area (Å²) in [5.41, 5.74) is 8.99. The molecule has 0 amide bonds. The van der Waals surface area contributed by atoms with Gasteiger partial charge in [0.05, 0.1) is 24.3 Å². The molecule has 84 heavy (non-hydrogen) atoms. The van der Waals surface area contributed by atoms with Gasteiger partial charge < -0.3 is 28.4 Å². The number of esters is 4. The molecule has 0 saturated carbocycles. The third-order valence-corrected chi connectivity index (χ3v) is 14.1. The molecule has 10 aromatic rings. The Morgan fingerprint density at radius 2 is 0.476 bits per heavy atom. The van der Waals surface area contributed by atoms with Gasteiger partial charge in [0.1, 0.15) is 45.6 Å². The molecule has 0 aliphatic rings. The Hall–Kier alpha value is -10.3. The van der Waals surface area contributed by atoms with Gasteiger partial charge >= 0.3 is 23.9 Å². The maximum atomic E-state index is 13.7.